The van der Waals surface area contributed by atoms with Crippen molar-refractivity contribution in [1.29, 1.82) is 0 Å². The Kier molecular flexibility index (Phi) is 11.9. The predicted molar refractivity (Wildman–Crippen MR) is 231 cm³/mol. The minimum absolute atomic E-state index is 0.189. The first kappa shape index (κ1) is 38.9. The molecule has 5 aromatic carbocycles. The number of allylic oxidation sites excluding steroid dienone is 4. The minimum atomic E-state index is -0.237. The highest BCUT2D eigenvalue weighted by Gasteiger charge is 2.40. The lowest BCUT2D eigenvalue weighted by Gasteiger charge is -2.35. The molecule has 2 heterocycles. The third-order valence-electron chi connectivity index (χ3n) is 12.2. The summed E-state index contributed by atoms with van der Waals surface area (Å²) in [5, 5.41) is 6.75. The molecule has 5 aromatic rings. The fourth-order valence-electron chi connectivity index (χ4n) is 9.45. The van der Waals surface area contributed by atoms with Crippen LogP contribution in [0.4, 0.5) is 0 Å². The molecule has 0 aromatic heterocycles. The molecule has 0 atom stereocenters. The van der Waals surface area contributed by atoms with Crippen molar-refractivity contribution in [3.63, 3.8) is 0 Å². The molecule has 0 bridgehead atoms. The molecule has 0 saturated carbocycles. The predicted octanol–water partition coefficient (Wildman–Crippen LogP) is 12.7. The van der Waals surface area contributed by atoms with E-state index in [1.807, 2.05) is 72.8 Å². The van der Waals surface area contributed by atoms with Crippen molar-refractivity contribution in [3.8, 4) is 0 Å². The highest BCUT2D eigenvalue weighted by Crippen LogP contribution is 2.47. The lowest BCUT2D eigenvalue weighted by Crippen LogP contribution is -2.47. The molecule has 6 nitrogen and oxygen atoms in total. The summed E-state index contributed by atoms with van der Waals surface area (Å²) in [5.41, 5.74) is 2.18. The topological polar surface area (TPSA) is 74.8 Å². The molecule has 56 heavy (non-hydrogen) atoms. The Morgan fingerprint density at radius 1 is 0.375 bits per heavy atom. The van der Waals surface area contributed by atoms with Gasteiger partial charge in [0.2, 0.25) is 0 Å². The molecule has 0 saturated heterocycles. The van der Waals surface area contributed by atoms with Crippen LogP contribution >= 0.6 is 0 Å². The van der Waals surface area contributed by atoms with E-state index in [9.17, 15) is 19.2 Å². The SMILES string of the molecule is C=CCCCCC(CCCCC=C)N1C(=O)c2ccc3c4ccc5c6c(ccc(c7ccc(c2c37)C1=O)c64)C(=O)N(C(CCCCC=C)CCCCC=C)C5=O. The molecule has 2 aliphatic heterocycles. The van der Waals surface area contributed by atoms with Crippen LogP contribution in [0.15, 0.2) is 99.2 Å². The van der Waals surface area contributed by atoms with Gasteiger partial charge >= 0.3 is 0 Å². The molecule has 4 amide bonds. The van der Waals surface area contributed by atoms with Gasteiger partial charge in [0.15, 0.2) is 0 Å². The number of carbonyl (C=O) groups is 4. The molecular weight excluding hydrogens is 693 g/mol. The second kappa shape index (κ2) is 17.2. The van der Waals surface area contributed by atoms with E-state index in [2.05, 4.69) is 26.3 Å². The summed E-state index contributed by atoms with van der Waals surface area (Å²) in [7, 11) is 0. The first-order valence-electron chi connectivity index (χ1n) is 20.8. The number of fused-ring (bicyclic) bond motifs is 2. The Morgan fingerprint density at radius 3 is 0.857 bits per heavy atom. The number of hydrogen-bond donors (Lipinski definition) is 0. The first-order chi connectivity index (χ1) is 27.4. The van der Waals surface area contributed by atoms with Gasteiger partial charge in [-0.3, -0.25) is 29.0 Å². The number of unbranched alkanes of at least 4 members (excludes halogenated alkanes) is 8. The molecule has 0 N–H and O–H groups in total. The fourth-order valence-corrected chi connectivity index (χ4v) is 9.45. The average Bonchev–Trinajstić information content (AvgIpc) is 3.21. The van der Waals surface area contributed by atoms with E-state index in [4.69, 9.17) is 0 Å². The summed E-state index contributed by atoms with van der Waals surface area (Å²) in [6.45, 7) is 15.4. The zero-order chi connectivity index (χ0) is 39.3. The van der Waals surface area contributed by atoms with Crippen molar-refractivity contribution in [1.82, 2.24) is 9.80 Å². The van der Waals surface area contributed by atoms with Gasteiger partial charge in [0, 0.05) is 45.1 Å². The van der Waals surface area contributed by atoms with Gasteiger partial charge in [0.25, 0.3) is 23.6 Å². The van der Waals surface area contributed by atoms with Crippen molar-refractivity contribution in [2.75, 3.05) is 0 Å². The van der Waals surface area contributed by atoms with E-state index >= 15 is 0 Å². The molecule has 0 unspecified atom stereocenters. The first-order valence-corrected chi connectivity index (χ1v) is 20.8. The summed E-state index contributed by atoms with van der Waals surface area (Å²) >= 11 is 0. The Hall–Kier alpha value is -5.36. The van der Waals surface area contributed by atoms with Gasteiger partial charge in [-0.1, -0.05) is 74.3 Å². The molecule has 0 fully saturated rings. The summed E-state index contributed by atoms with van der Waals surface area (Å²) in [4.78, 5) is 61.0. The maximum Gasteiger partial charge on any atom is 0.261 e. The van der Waals surface area contributed by atoms with Crippen LogP contribution in [0.3, 0.4) is 0 Å². The zero-order valence-electron chi connectivity index (χ0n) is 32.8. The second-order valence-corrected chi connectivity index (χ2v) is 15.7. The molecule has 7 rings (SSSR count). The highest BCUT2D eigenvalue weighted by molar-refractivity contribution is 6.41. The van der Waals surface area contributed by atoms with Crippen molar-refractivity contribution in [2.24, 2.45) is 0 Å². The highest BCUT2D eigenvalue weighted by atomic mass is 16.2. The van der Waals surface area contributed by atoms with Gasteiger partial charge in [-0.05, 0) is 134 Å². The molecule has 6 heteroatoms. The van der Waals surface area contributed by atoms with Crippen LogP contribution in [-0.2, 0) is 0 Å². The Bertz CT molecular complexity index is 2050. The normalized spacial score (nSPS) is 14.1. The number of rotatable bonds is 22. The van der Waals surface area contributed by atoms with Gasteiger partial charge in [-0.2, -0.15) is 0 Å². The van der Waals surface area contributed by atoms with Gasteiger partial charge in [0.1, 0.15) is 0 Å². The number of benzene rings is 5. The van der Waals surface area contributed by atoms with E-state index in [-0.39, 0.29) is 35.7 Å². The largest absolute Gasteiger partial charge is 0.271 e. The molecule has 0 spiro atoms. The summed E-state index contributed by atoms with van der Waals surface area (Å²) < 4.78 is 0. The quantitative estimate of drug-likeness (QED) is 0.0232. The van der Waals surface area contributed by atoms with Crippen LogP contribution in [0.25, 0.3) is 43.1 Å². The van der Waals surface area contributed by atoms with E-state index in [0.717, 1.165) is 135 Å². The van der Waals surface area contributed by atoms with E-state index in [0.29, 0.717) is 33.0 Å². The molecular formula is C50H54N2O4. The van der Waals surface area contributed by atoms with Gasteiger partial charge < -0.3 is 0 Å². The Balaban J connectivity index is 1.30. The Labute approximate surface area is 330 Å². The van der Waals surface area contributed by atoms with Crippen molar-refractivity contribution in [2.45, 2.75) is 115 Å². The fraction of sp³-hybridized carbons (Fsp3) is 0.360. The van der Waals surface area contributed by atoms with Crippen LogP contribution in [-0.4, -0.2) is 45.5 Å². The third-order valence-corrected chi connectivity index (χ3v) is 12.2. The number of nitrogens with zero attached hydrogens (tertiary/aromatic N) is 2. The third kappa shape index (κ3) is 6.88. The van der Waals surface area contributed by atoms with E-state index in [1.165, 1.54) is 0 Å². The average molecular weight is 747 g/mol. The maximum atomic E-state index is 14.5. The van der Waals surface area contributed by atoms with Crippen LogP contribution < -0.4 is 0 Å². The summed E-state index contributed by atoms with van der Waals surface area (Å²) in [6, 6.07) is 15.1. The van der Waals surface area contributed by atoms with Crippen molar-refractivity contribution < 1.29 is 19.2 Å². The molecule has 2 aliphatic rings. The number of carbonyl (C=O) groups excluding carboxylic acids is 4. The molecule has 0 radical (unpaired) electrons. The lowest BCUT2D eigenvalue weighted by atomic mass is 9.81. The van der Waals surface area contributed by atoms with Crippen LogP contribution in [0.5, 0.6) is 0 Å². The smallest absolute Gasteiger partial charge is 0.261 e. The van der Waals surface area contributed by atoms with Crippen LogP contribution in [0, 0.1) is 0 Å². The summed E-state index contributed by atoms with van der Waals surface area (Å²) in [5.74, 6) is -0.946. The Morgan fingerprint density at radius 2 is 0.625 bits per heavy atom. The minimum Gasteiger partial charge on any atom is -0.271 e. The number of imide groups is 2. The van der Waals surface area contributed by atoms with Crippen molar-refractivity contribution in [3.05, 3.63) is 121 Å². The number of hydrogen-bond acceptors (Lipinski definition) is 4. The monoisotopic (exact) mass is 746 g/mol. The van der Waals surface area contributed by atoms with Crippen LogP contribution in [0.1, 0.15) is 144 Å². The van der Waals surface area contributed by atoms with Gasteiger partial charge in [-0.15, -0.1) is 26.3 Å². The van der Waals surface area contributed by atoms with E-state index in [1.54, 1.807) is 9.80 Å². The van der Waals surface area contributed by atoms with Gasteiger partial charge in [-0.25, -0.2) is 0 Å². The maximum absolute atomic E-state index is 14.5. The number of amides is 4. The standard InChI is InChI=1S/C50H54N2O4/c1-5-9-13-17-21-33(22-18-14-10-6-2)51-47(53)39-29-25-35-37-27-31-41-46-42(32-28-38(44(37)46)36-26-30-40(48(51)54)45(39)43(35)36)50(56)52(49(41)55)34(23-19-15-11-7-3)24-20-16-12-8-4/h5-8,25-34H,1-4,9-24H2. The van der Waals surface area contributed by atoms with Gasteiger partial charge in [0.05, 0.1) is 0 Å². The zero-order valence-corrected chi connectivity index (χ0v) is 32.8. The second-order valence-electron chi connectivity index (χ2n) is 15.7. The summed E-state index contributed by atoms with van der Waals surface area (Å²) in [6.07, 6.45) is 21.9. The van der Waals surface area contributed by atoms with Crippen molar-refractivity contribution >= 4 is 66.7 Å². The van der Waals surface area contributed by atoms with E-state index < -0.39 is 0 Å². The molecule has 0 aliphatic carbocycles. The van der Waals surface area contributed by atoms with Crippen LogP contribution in [0.2, 0.25) is 0 Å². The lowest BCUT2D eigenvalue weighted by molar-refractivity contribution is 0.0502. The molecule has 288 valence electrons.